The normalized spacial score (nSPS) is 11.4. The van der Waals surface area contributed by atoms with Crippen LogP contribution in [0.3, 0.4) is 0 Å². The Kier molecular flexibility index (Phi) is 4.25. The molecule has 0 spiro atoms. The fourth-order valence-electron chi connectivity index (χ4n) is 2.01. The van der Waals surface area contributed by atoms with E-state index in [2.05, 4.69) is 25.9 Å². The van der Waals surface area contributed by atoms with Crippen molar-refractivity contribution in [1.82, 2.24) is 9.55 Å². The summed E-state index contributed by atoms with van der Waals surface area (Å²) >= 11 is 3.28. The van der Waals surface area contributed by atoms with Gasteiger partial charge in [-0.3, -0.25) is 9.36 Å². The molecule has 4 nitrogen and oxygen atoms in total. The highest BCUT2D eigenvalue weighted by Crippen LogP contribution is 2.10. The van der Waals surface area contributed by atoms with E-state index in [0.29, 0.717) is 15.7 Å². The Morgan fingerprint density at radius 3 is 2.59 bits per heavy atom. The topological polar surface area (TPSA) is 47.2 Å². The number of aromatic nitrogens is 2. The van der Waals surface area contributed by atoms with E-state index in [1.807, 2.05) is 36.4 Å². The smallest absolute Gasteiger partial charge is 0.263 e. The molecule has 0 saturated carbocycles. The zero-order valence-electron chi connectivity index (χ0n) is 11.6. The van der Waals surface area contributed by atoms with Crippen LogP contribution in [-0.2, 0) is 0 Å². The maximum Gasteiger partial charge on any atom is 0.263 e. The predicted octanol–water partition coefficient (Wildman–Crippen LogP) is 3.57. The number of pyridine rings is 2. The van der Waals surface area contributed by atoms with Crippen LogP contribution in [0.15, 0.2) is 82.7 Å². The van der Waals surface area contributed by atoms with Crippen molar-refractivity contribution in [2.45, 2.75) is 0 Å². The lowest BCUT2D eigenvalue weighted by Gasteiger charge is -2.06. The summed E-state index contributed by atoms with van der Waals surface area (Å²) in [6, 6.07) is 18.4. The van der Waals surface area contributed by atoms with E-state index >= 15 is 0 Å². The van der Waals surface area contributed by atoms with Gasteiger partial charge in [-0.15, -0.1) is 0 Å². The first-order valence-corrected chi connectivity index (χ1v) is 7.47. The zero-order chi connectivity index (χ0) is 15.4. The average Bonchev–Trinajstić information content (AvgIpc) is 2.56. The van der Waals surface area contributed by atoms with Crippen molar-refractivity contribution in [3.8, 4) is 0 Å². The Morgan fingerprint density at radius 2 is 1.82 bits per heavy atom. The SMILES string of the molecule is O=C(c1ccnc(Br)c1)n1ccccc1=Nc1ccccc1. The molecule has 0 fully saturated rings. The molecule has 0 bridgehead atoms. The summed E-state index contributed by atoms with van der Waals surface area (Å²) in [6.07, 6.45) is 3.30. The Labute approximate surface area is 135 Å². The molecule has 108 valence electrons. The molecular weight excluding hydrogens is 342 g/mol. The first-order chi connectivity index (χ1) is 10.7. The molecule has 0 aliphatic rings. The second kappa shape index (κ2) is 6.49. The van der Waals surface area contributed by atoms with Gasteiger partial charge in [0.15, 0.2) is 0 Å². The predicted molar refractivity (Wildman–Crippen MR) is 87.8 cm³/mol. The number of para-hydroxylation sites is 1. The number of hydrogen-bond donors (Lipinski definition) is 0. The molecule has 3 aromatic rings. The third-order valence-electron chi connectivity index (χ3n) is 3.03. The van der Waals surface area contributed by atoms with Crippen LogP contribution in [0.5, 0.6) is 0 Å². The summed E-state index contributed by atoms with van der Waals surface area (Å²) in [5.41, 5.74) is 1.92. The fourth-order valence-corrected chi connectivity index (χ4v) is 2.37. The number of halogens is 1. The van der Waals surface area contributed by atoms with E-state index in [1.54, 1.807) is 36.7 Å². The average molecular weight is 354 g/mol. The Balaban J connectivity index is 2.09. The number of carbonyl (C=O) groups is 1. The molecule has 0 amide bonds. The zero-order valence-corrected chi connectivity index (χ0v) is 13.1. The van der Waals surface area contributed by atoms with Crippen molar-refractivity contribution in [3.63, 3.8) is 0 Å². The molecule has 0 atom stereocenters. The van der Waals surface area contributed by atoms with Gasteiger partial charge in [0.05, 0.1) is 5.69 Å². The third kappa shape index (κ3) is 3.20. The Bertz CT molecular complexity index is 872. The molecule has 5 heteroatoms. The summed E-state index contributed by atoms with van der Waals surface area (Å²) in [6.45, 7) is 0. The molecule has 0 radical (unpaired) electrons. The van der Waals surface area contributed by atoms with E-state index < -0.39 is 0 Å². The van der Waals surface area contributed by atoms with Crippen molar-refractivity contribution < 1.29 is 4.79 Å². The highest BCUT2D eigenvalue weighted by molar-refractivity contribution is 9.10. The van der Waals surface area contributed by atoms with Crippen LogP contribution in [0, 0.1) is 0 Å². The second-order valence-corrected chi connectivity index (χ2v) is 5.36. The monoisotopic (exact) mass is 353 g/mol. The summed E-state index contributed by atoms with van der Waals surface area (Å²) in [4.78, 5) is 21.2. The lowest BCUT2D eigenvalue weighted by molar-refractivity contribution is 0.0955. The number of nitrogens with zero attached hydrogens (tertiary/aromatic N) is 3. The van der Waals surface area contributed by atoms with E-state index in [9.17, 15) is 4.79 Å². The number of rotatable bonds is 2. The lowest BCUT2D eigenvalue weighted by Crippen LogP contribution is -2.26. The van der Waals surface area contributed by atoms with Gasteiger partial charge >= 0.3 is 0 Å². The number of carbonyl (C=O) groups excluding carboxylic acids is 1. The Hall–Kier alpha value is -2.53. The third-order valence-corrected chi connectivity index (χ3v) is 3.46. The second-order valence-electron chi connectivity index (χ2n) is 4.55. The lowest BCUT2D eigenvalue weighted by atomic mass is 10.2. The van der Waals surface area contributed by atoms with E-state index in [1.165, 1.54) is 4.57 Å². The molecule has 0 unspecified atom stereocenters. The first kappa shape index (κ1) is 14.4. The van der Waals surface area contributed by atoms with Crippen LogP contribution in [0.2, 0.25) is 0 Å². The summed E-state index contributed by atoms with van der Waals surface area (Å²) in [5.74, 6) is -0.154. The van der Waals surface area contributed by atoms with Crippen molar-refractivity contribution in [3.05, 3.63) is 88.7 Å². The van der Waals surface area contributed by atoms with Gasteiger partial charge in [0, 0.05) is 18.0 Å². The molecule has 0 saturated heterocycles. The molecular formula is C17H12BrN3O. The van der Waals surface area contributed by atoms with E-state index in [-0.39, 0.29) is 5.91 Å². The van der Waals surface area contributed by atoms with Gasteiger partial charge in [0.1, 0.15) is 10.1 Å². The van der Waals surface area contributed by atoms with E-state index in [0.717, 1.165) is 5.69 Å². The number of hydrogen-bond acceptors (Lipinski definition) is 3. The minimum Gasteiger partial charge on any atom is -0.268 e. The van der Waals surface area contributed by atoms with Gasteiger partial charge in [-0.1, -0.05) is 24.3 Å². The quantitative estimate of drug-likeness (QED) is 0.661. The van der Waals surface area contributed by atoms with Crippen LogP contribution < -0.4 is 5.49 Å². The molecule has 22 heavy (non-hydrogen) atoms. The van der Waals surface area contributed by atoms with Crippen molar-refractivity contribution in [2.75, 3.05) is 0 Å². The first-order valence-electron chi connectivity index (χ1n) is 6.68. The fraction of sp³-hybridized carbons (Fsp3) is 0. The van der Waals surface area contributed by atoms with Crippen LogP contribution in [0.4, 0.5) is 5.69 Å². The summed E-state index contributed by atoms with van der Waals surface area (Å²) in [7, 11) is 0. The maximum absolute atomic E-state index is 12.7. The largest absolute Gasteiger partial charge is 0.268 e. The van der Waals surface area contributed by atoms with Crippen molar-refractivity contribution in [2.24, 2.45) is 4.99 Å². The van der Waals surface area contributed by atoms with Gasteiger partial charge in [0.25, 0.3) is 5.91 Å². The molecule has 0 aliphatic carbocycles. The molecule has 0 N–H and O–H groups in total. The molecule has 2 heterocycles. The highest BCUT2D eigenvalue weighted by atomic mass is 79.9. The number of benzene rings is 1. The van der Waals surface area contributed by atoms with Crippen LogP contribution in [-0.4, -0.2) is 15.5 Å². The molecule has 0 aliphatic heterocycles. The minimum absolute atomic E-state index is 0.154. The van der Waals surface area contributed by atoms with Crippen molar-refractivity contribution in [1.29, 1.82) is 0 Å². The van der Waals surface area contributed by atoms with Crippen LogP contribution >= 0.6 is 15.9 Å². The van der Waals surface area contributed by atoms with Gasteiger partial charge in [-0.25, -0.2) is 9.98 Å². The maximum atomic E-state index is 12.7. The molecule has 2 aromatic heterocycles. The van der Waals surface area contributed by atoms with E-state index in [4.69, 9.17) is 0 Å². The van der Waals surface area contributed by atoms with Crippen molar-refractivity contribution >= 4 is 27.5 Å². The van der Waals surface area contributed by atoms with Crippen LogP contribution in [0.1, 0.15) is 10.4 Å². The molecule has 3 rings (SSSR count). The molecule has 1 aromatic carbocycles. The minimum atomic E-state index is -0.154. The van der Waals surface area contributed by atoms with Gasteiger partial charge in [-0.05, 0) is 52.3 Å². The highest BCUT2D eigenvalue weighted by Gasteiger charge is 2.09. The van der Waals surface area contributed by atoms with Gasteiger partial charge < -0.3 is 0 Å². The summed E-state index contributed by atoms with van der Waals surface area (Å²) < 4.78 is 2.14. The summed E-state index contributed by atoms with van der Waals surface area (Å²) in [5, 5.41) is 0. The van der Waals surface area contributed by atoms with Crippen LogP contribution in [0.25, 0.3) is 0 Å². The standard InChI is InChI=1S/C17H12BrN3O/c18-15-12-13(9-10-19-15)17(22)21-11-5-4-8-16(21)20-14-6-2-1-3-7-14/h1-12H. The Morgan fingerprint density at radius 1 is 1.05 bits per heavy atom. The van der Waals surface area contributed by atoms with Gasteiger partial charge in [-0.2, -0.15) is 0 Å². The van der Waals surface area contributed by atoms with Gasteiger partial charge in [0.2, 0.25) is 0 Å².